The van der Waals surface area contributed by atoms with Crippen molar-refractivity contribution in [3.8, 4) is 0 Å². The summed E-state index contributed by atoms with van der Waals surface area (Å²) < 4.78 is 0. The third kappa shape index (κ3) is 2.32. The van der Waals surface area contributed by atoms with Crippen LogP contribution in [-0.4, -0.2) is 27.9 Å². The van der Waals surface area contributed by atoms with Crippen LogP contribution in [0.3, 0.4) is 0 Å². The molecule has 1 aliphatic carbocycles. The van der Waals surface area contributed by atoms with Gasteiger partial charge in [0, 0.05) is 29.2 Å². The van der Waals surface area contributed by atoms with Gasteiger partial charge in [-0.15, -0.1) is 0 Å². The normalized spacial score (nSPS) is 24.5. The molecular formula is C13H18BrN3. The molecule has 1 aromatic heterocycles. The number of aromatic nitrogens is 2. The van der Waals surface area contributed by atoms with Crippen molar-refractivity contribution in [3.05, 3.63) is 17.6 Å². The third-order valence-corrected chi connectivity index (χ3v) is 4.53. The van der Waals surface area contributed by atoms with E-state index in [1.807, 2.05) is 0 Å². The molecule has 2 heterocycles. The van der Waals surface area contributed by atoms with Gasteiger partial charge in [0.15, 0.2) is 0 Å². The Balaban J connectivity index is 1.93. The van der Waals surface area contributed by atoms with E-state index in [4.69, 9.17) is 0 Å². The highest BCUT2D eigenvalue weighted by molar-refractivity contribution is 9.09. The van der Waals surface area contributed by atoms with Crippen LogP contribution in [0.1, 0.15) is 36.9 Å². The maximum atomic E-state index is 4.54. The molecule has 1 aromatic rings. The minimum absolute atomic E-state index is 0.624. The fourth-order valence-corrected chi connectivity index (χ4v) is 3.42. The highest BCUT2D eigenvalue weighted by atomic mass is 79.9. The van der Waals surface area contributed by atoms with Gasteiger partial charge in [0.1, 0.15) is 12.1 Å². The molecule has 0 saturated carbocycles. The van der Waals surface area contributed by atoms with Crippen LogP contribution in [0.15, 0.2) is 6.33 Å². The summed E-state index contributed by atoms with van der Waals surface area (Å²) in [5.74, 6) is 1.21. The molecular weight excluding hydrogens is 278 g/mol. The largest absolute Gasteiger partial charge is 0.355 e. The lowest BCUT2D eigenvalue weighted by Crippen LogP contribution is -2.23. The van der Waals surface area contributed by atoms with E-state index >= 15 is 0 Å². The predicted octanol–water partition coefficient (Wildman–Crippen LogP) is 2.72. The first-order chi connectivity index (χ1) is 8.34. The average molecular weight is 296 g/mol. The van der Waals surface area contributed by atoms with Gasteiger partial charge in [0.25, 0.3) is 0 Å². The number of nitrogens with zero attached hydrogens (tertiary/aromatic N) is 3. The Labute approximate surface area is 111 Å². The number of anilines is 1. The number of rotatable bonds is 1. The number of aryl methyl sites for hydroxylation is 1. The highest BCUT2D eigenvalue weighted by Crippen LogP contribution is 2.29. The second kappa shape index (κ2) is 4.92. The molecule has 3 nitrogen and oxygen atoms in total. The Kier molecular flexibility index (Phi) is 3.32. The van der Waals surface area contributed by atoms with Gasteiger partial charge in [0.05, 0.1) is 0 Å². The molecule has 1 aliphatic heterocycles. The van der Waals surface area contributed by atoms with Crippen molar-refractivity contribution in [1.29, 1.82) is 0 Å². The molecule has 1 atom stereocenters. The summed E-state index contributed by atoms with van der Waals surface area (Å²) in [6.07, 6.45) is 9.17. The number of halogens is 1. The van der Waals surface area contributed by atoms with Crippen LogP contribution in [0.4, 0.5) is 5.82 Å². The van der Waals surface area contributed by atoms with Crippen LogP contribution in [0.2, 0.25) is 0 Å². The molecule has 0 aromatic carbocycles. The van der Waals surface area contributed by atoms with Gasteiger partial charge in [-0.05, 0) is 32.1 Å². The molecule has 2 aliphatic rings. The molecule has 0 N–H and O–H groups in total. The van der Waals surface area contributed by atoms with E-state index in [-0.39, 0.29) is 0 Å². The van der Waals surface area contributed by atoms with Crippen LogP contribution in [0, 0.1) is 0 Å². The highest BCUT2D eigenvalue weighted by Gasteiger charge is 2.25. The zero-order valence-corrected chi connectivity index (χ0v) is 11.6. The van der Waals surface area contributed by atoms with Gasteiger partial charge in [-0.2, -0.15) is 0 Å². The second-order valence-corrected chi connectivity index (χ2v) is 6.31. The molecule has 17 heavy (non-hydrogen) atoms. The van der Waals surface area contributed by atoms with E-state index in [9.17, 15) is 0 Å². The standard InChI is InChI=1S/C13H18BrN3/c14-10-6-7-17(8-10)13-11-4-2-1-3-5-12(11)15-9-16-13/h9-10H,1-8H2. The van der Waals surface area contributed by atoms with Crippen molar-refractivity contribution in [1.82, 2.24) is 9.97 Å². The Morgan fingerprint density at radius 1 is 1.18 bits per heavy atom. The lowest BCUT2D eigenvalue weighted by atomic mass is 10.1. The van der Waals surface area contributed by atoms with Crippen molar-refractivity contribution in [3.63, 3.8) is 0 Å². The predicted molar refractivity (Wildman–Crippen MR) is 72.8 cm³/mol. The zero-order chi connectivity index (χ0) is 11.7. The smallest absolute Gasteiger partial charge is 0.135 e. The second-order valence-electron chi connectivity index (χ2n) is 5.02. The lowest BCUT2D eigenvalue weighted by Gasteiger charge is -2.20. The molecule has 1 unspecified atom stereocenters. The van der Waals surface area contributed by atoms with Crippen molar-refractivity contribution in [2.45, 2.75) is 43.4 Å². The molecule has 0 bridgehead atoms. The Morgan fingerprint density at radius 2 is 2.06 bits per heavy atom. The summed E-state index contributed by atoms with van der Waals surface area (Å²) in [4.78, 5) is 12.1. The van der Waals surface area contributed by atoms with Crippen LogP contribution in [-0.2, 0) is 12.8 Å². The third-order valence-electron chi connectivity index (χ3n) is 3.78. The van der Waals surface area contributed by atoms with Gasteiger partial charge in [0.2, 0.25) is 0 Å². The molecule has 0 spiro atoms. The summed E-state index contributed by atoms with van der Waals surface area (Å²) in [7, 11) is 0. The molecule has 3 rings (SSSR count). The summed E-state index contributed by atoms with van der Waals surface area (Å²) >= 11 is 3.70. The van der Waals surface area contributed by atoms with Crippen LogP contribution in [0.5, 0.6) is 0 Å². The van der Waals surface area contributed by atoms with Crippen molar-refractivity contribution < 1.29 is 0 Å². The average Bonchev–Trinajstić information content (AvgIpc) is 2.63. The summed E-state index contributed by atoms with van der Waals surface area (Å²) in [5.41, 5.74) is 2.72. The fourth-order valence-electron chi connectivity index (χ4n) is 2.86. The van der Waals surface area contributed by atoms with Crippen molar-refractivity contribution >= 4 is 21.7 Å². The van der Waals surface area contributed by atoms with Crippen molar-refractivity contribution in [2.75, 3.05) is 18.0 Å². The van der Waals surface area contributed by atoms with E-state index in [1.165, 1.54) is 42.8 Å². The molecule has 0 amide bonds. The van der Waals surface area contributed by atoms with Crippen LogP contribution < -0.4 is 4.90 Å². The number of hydrogen-bond acceptors (Lipinski definition) is 3. The fraction of sp³-hybridized carbons (Fsp3) is 0.692. The molecule has 92 valence electrons. The van der Waals surface area contributed by atoms with E-state index in [0.717, 1.165) is 25.9 Å². The Morgan fingerprint density at radius 3 is 2.88 bits per heavy atom. The van der Waals surface area contributed by atoms with E-state index in [0.29, 0.717) is 4.83 Å². The first-order valence-corrected chi connectivity index (χ1v) is 7.48. The van der Waals surface area contributed by atoms with Crippen molar-refractivity contribution in [2.24, 2.45) is 0 Å². The minimum Gasteiger partial charge on any atom is -0.355 e. The lowest BCUT2D eigenvalue weighted by molar-refractivity contribution is 0.708. The van der Waals surface area contributed by atoms with Gasteiger partial charge in [-0.25, -0.2) is 9.97 Å². The first-order valence-electron chi connectivity index (χ1n) is 6.56. The van der Waals surface area contributed by atoms with E-state index in [2.05, 4.69) is 30.8 Å². The Bertz CT molecular complexity index is 408. The molecule has 1 saturated heterocycles. The van der Waals surface area contributed by atoms with Gasteiger partial charge in [-0.1, -0.05) is 22.4 Å². The molecule has 0 radical (unpaired) electrons. The Hall–Kier alpha value is -0.640. The molecule has 4 heteroatoms. The van der Waals surface area contributed by atoms with Gasteiger partial charge >= 0.3 is 0 Å². The SMILES string of the molecule is BrC1CCN(c2ncnc3c2CCCCC3)C1. The maximum absolute atomic E-state index is 4.54. The first kappa shape index (κ1) is 11.5. The topological polar surface area (TPSA) is 29.0 Å². The summed E-state index contributed by atoms with van der Waals surface area (Å²) in [6, 6.07) is 0. The quantitative estimate of drug-likeness (QED) is 0.589. The summed E-state index contributed by atoms with van der Waals surface area (Å²) in [6.45, 7) is 2.21. The summed E-state index contributed by atoms with van der Waals surface area (Å²) in [5, 5.41) is 0. The molecule has 1 fully saturated rings. The zero-order valence-electron chi connectivity index (χ0n) is 10.0. The maximum Gasteiger partial charge on any atom is 0.135 e. The monoisotopic (exact) mass is 295 g/mol. The number of fused-ring (bicyclic) bond motifs is 1. The van der Waals surface area contributed by atoms with E-state index < -0.39 is 0 Å². The van der Waals surface area contributed by atoms with Crippen LogP contribution in [0.25, 0.3) is 0 Å². The van der Waals surface area contributed by atoms with Gasteiger partial charge in [-0.3, -0.25) is 0 Å². The van der Waals surface area contributed by atoms with E-state index in [1.54, 1.807) is 6.33 Å². The number of alkyl halides is 1. The van der Waals surface area contributed by atoms with Crippen LogP contribution >= 0.6 is 15.9 Å². The van der Waals surface area contributed by atoms with Gasteiger partial charge < -0.3 is 4.90 Å². The number of hydrogen-bond donors (Lipinski definition) is 0. The minimum atomic E-state index is 0.624.